The quantitative estimate of drug-likeness (QED) is 0.239. The summed E-state index contributed by atoms with van der Waals surface area (Å²) in [6, 6.07) is 28.6. The number of sulfonamides is 1. The standard InChI is InChI=1S/C33H29Cl2NO2S/c1-22-9-15-30(16-10-22)39(37,38)36-21-29(25-7-5-4-6-8-25)17-28(26-13-11-23(2)31(34)18-26)20-33(36)27-14-12-24(3)32(35)19-27/h4-20,29H,21H2,1-3H3/t29-/m1/s1. The van der Waals surface area contributed by atoms with E-state index in [2.05, 4.69) is 6.08 Å². The van der Waals surface area contributed by atoms with Gasteiger partial charge in [0.05, 0.1) is 10.6 Å². The van der Waals surface area contributed by atoms with Crippen LogP contribution in [0.1, 0.15) is 39.3 Å². The zero-order valence-corrected chi connectivity index (χ0v) is 24.4. The molecule has 0 unspecified atom stereocenters. The van der Waals surface area contributed by atoms with Gasteiger partial charge in [0.15, 0.2) is 0 Å². The van der Waals surface area contributed by atoms with Gasteiger partial charge in [0.25, 0.3) is 10.0 Å². The Bertz CT molecular complexity index is 1690. The molecule has 5 rings (SSSR count). The molecular weight excluding hydrogens is 545 g/mol. The van der Waals surface area contributed by atoms with Gasteiger partial charge in [0, 0.05) is 28.1 Å². The van der Waals surface area contributed by atoms with E-state index in [9.17, 15) is 8.42 Å². The number of halogens is 2. The van der Waals surface area contributed by atoms with Gasteiger partial charge in [-0.25, -0.2) is 8.42 Å². The van der Waals surface area contributed by atoms with Crippen LogP contribution >= 0.6 is 23.2 Å². The molecule has 0 aromatic heterocycles. The topological polar surface area (TPSA) is 37.4 Å². The summed E-state index contributed by atoms with van der Waals surface area (Å²) in [7, 11) is -3.92. The lowest BCUT2D eigenvalue weighted by Crippen LogP contribution is -2.32. The molecule has 4 aromatic carbocycles. The van der Waals surface area contributed by atoms with Crippen LogP contribution in [-0.4, -0.2) is 19.3 Å². The van der Waals surface area contributed by atoms with Crippen LogP contribution in [0.3, 0.4) is 0 Å². The number of benzene rings is 4. The molecule has 1 aliphatic heterocycles. The normalized spacial score (nSPS) is 15.9. The molecule has 0 N–H and O–H groups in total. The van der Waals surface area contributed by atoms with Crippen molar-refractivity contribution in [1.29, 1.82) is 0 Å². The van der Waals surface area contributed by atoms with Gasteiger partial charge in [0.1, 0.15) is 0 Å². The van der Waals surface area contributed by atoms with Crippen LogP contribution in [0.4, 0.5) is 0 Å². The van der Waals surface area contributed by atoms with Gasteiger partial charge in [-0.15, -0.1) is 0 Å². The highest BCUT2D eigenvalue weighted by molar-refractivity contribution is 7.89. The Balaban J connectivity index is 1.76. The third-order valence-electron chi connectivity index (χ3n) is 7.11. The zero-order valence-electron chi connectivity index (χ0n) is 22.0. The second-order valence-corrected chi connectivity index (χ2v) is 12.6. The third kappa shape index (κ3) is 5.69. The van der Waals surface area contributed by atoms with Crippen LogP contribution in [0.25, 0.3) is 11.3 Å². The monoisotopic (exact) mass is 573 g/mol. The highest BCUT2D eigenvalue weighted by Crippen LogP contribution is 2.39. The molecule has 1 atom stereocenters. The largest absolute Gasteiger partial charge is 0.265 e. The Hall–Kier alpha value is -3.31. The molecule has 1 heterocycles. The molecule has 0 saturated carbocycles. The average molecular weight is 575 g/mol. The molecule has 0 bridgehead atoms. The molecule has 1 aliphatic rings. The first kappa shape index (κ1) is 27.3. The Labute approximate surface area is 241 Å². The van der Waals surface area contributed by atoms with Crippen LogP contribution in [0.5, 0.6) is 0 Å². The van der Waals surface area contributed by atoms with E-state index in [-0.39, 0.29) is 17.4 Å². The molecular formula is C33H29Cl2NO2S. The number of hydrogen-bond acceptors (Lipinski definition) is 2. The molecule has 0 radical (unpaired) electrons. The minimum Gasteiger partial charge on any atom is -0.265 e. The van der Waals surface area contributed by atoms with Crippen LogP contribution in [0.2, 0.25) is 10.0 Å². The minimum absolute atomic E-state index is 0.212. The number of aryl methyl sites for hydroxylation is 3. The van der Waals surface area contributed by atoms with Crippen molar-refractivity contribution in [2.24, 2.45) is 0 Å². The maximum atomic E-state index is 14.3. The van der Waals surface area contributed by atoms with E-state index >= 15 is 0 Å². The molecule has 0 saturated heterocycles. The summed E-state index contributed by atoms with van der Waals surface area (Å²) >= 11 is 13.1. The summed E-state index contributed by atoms with van der Waals surface area (Å²) in [5.41, 5.74) is 6.99. The van der Waals surface area contributed by atoms with Crippen LogP contribution < -0.4 is 0 Å². The van der Waals surface area contributed by atoms with Crippen molar-refractivity contribution in [3.05, 3.63) is 147 Å². The van der Waals surface area contributed by atoms with E-state index in [1.807, 2.05) is 106 Å². The molecule has 0 amide bonds. The fourth-order valence-electron chi connectivity index (χ4n) is 4.71. The van der Waals surface area contributed by atoms with Crippen molar-refractivity contribution in [3.8, 4) is 0 Å². The first-order chi connectivity index (χ1) is 18.6. The van der Waals surface area contributed by atoms with E-state index in [0.717, 1.165) is 39.0 Å². The van der Waals surface area contributed by atoms with E-state index in [0.29, 0.717) is 15.7 Å². The van der Waals surface area contributed by atoms with Crippen molar-refractivity contribution >= 4 is 44.5 Å². The third-order valence-corrected chi connectivity index (χ3v) is 9.72. The van der Waals surface area contributed by atoms with Gasteiger partial charge in [0.2, 0.25) is 0 Å². The Morgan fingerprint density at radius 3 is 1.95 bits per heavy atom. The fraction of sp³-hybridized carbons (Fsp3) is 0.152. The Morgan fingerprint density at radius 1 is 0.744 bits per heavy atom. The predicted molar refractivity (Wildman–Crippen MR) is 163 cm³/mol. The summed E-state index contributed by atoms with van der Waals surface area (Å²) in [6.07, 6.45) is 4.08. The van der Waals surface area contributed by atoms with Gasteiger partial charge in [-0.2, -0.15) is 0 Å². The smallest absolute Gasteiger partial charge is 0.264 e. The molecule has 4 aromatic rings. The van der Waals surface area contributed by atoms with Crippen molar-refractivity contribution in [2.75, 3.05) is 6.54 Å². The first-order valence-corrected chi connectivity index (χ1v) is 14.9. The lowest BCUT2D eigenvalue weighted by molar-refractivity contribution is 0.499. The van der Waals surface area contributed by atoms with Gasteiger partial charge in [-0.05, 0) is 78.9 Å². The van der Waals surface area contributed by atoms with E-state index in [1.165, 1.54) is 4.31 Å². The molecule has 0 aliphatic carbocycles. The van der Waals surface area contributed by atoms with Crippen molar-refractivity contribution in [1.82, 2.24) is 4.31 Å². The van der Waals surface area contributed by atoms with Crippen LogP contribution in [-0.2, 0) is 10.0 Å². The van der Waals surface area contributed by atoms with E-state index in [4.69, 9.17) is 23.2 Å². The Kier molecular flexibility index (Phi) is 7.73. The highest BCUT2D eigenvalue weighted by atomic mass is 35.5. The number of allylic oxidation sites excluding steroid dienone is 2. The zero-order chi connectivity index (χ0) is 27.7. The maximum absolute atomic E-state index is 14.3. The van der Waals surface area contributed by atoms with Crippen molar-refractivity contribution in [3.63, 3.8) is 0 Å². The minimum atomic E-state index is -3.92. The molecule has 198 valence electrons. The number of rotatable bonds is 5. The predicted octanol–water partition coefficient (Wildman–Crippen LogP) is 8.83. The van der Waals surface area contributed by atoms with Gasteiger partial charge in [-0.3, -0.25) is 4.31 Å². The van der Waals surface area contributed by atoms with Crippen LogP contribution in [0.15, 0.2) is 108 Å². The number of nitrogens with zero attached hydrogens (tertiary/aromatic N) is 1. The van der Waals surface area contributed by atoms with Gasteiger partial charge < -0.3 is 0 Å². The second-order valence-electron chi connectivity index (χ2n) is 9.95. The summed E-state index contributed by atoms with van der Waals surface area (Å²) in [5.74, 6) is -0.212. The summed E-state index contributed by atoms with van der Waals surface area (Å²) in [4.78, 5) is 0.242. The lowest BCUT2D eigenvalue weighted by atomic mass is 9.94. The van der Waals surface area contributed by atoms with Crippen molar-refractivity contribution < 1.29 is 8.42 Å². The lowest BCUT2D eigenvalue weighted by Gasteiger charge is -2.29. The average Bonchev–Trinajstić information content (AvgIpc) is 3.14. The maximum Gasteiger partial charge on any atom is 0.264 e. The number of hydrogen-bond donors (Lipinski definition) is 0. The van der Waals surface area contributed by atoms with Crippen LogP contribution in [0, 0.1) is 20.8 Å². The summed E-state index contributed by atoms with van der Waals surface area (Å²) in [6.45, 7) is 6.06. The van der Waals surface area contributed by atoms with Gasteiger partial charge >= 0.3 is 0 Å². The Morgan fingerprint density at radius 2 is 1.33 bits per heavy atom. The summed E-state index contributed by atoms with van der Waals surface area (Å²) < 4.78 is 30.2. The molecule has 39 heavy (non-hydrogen) atoms. The van der Waals surface area contributed by atoms with E-state index in [1.54, 1.807) is 12.1 Å². The second kappa shape index (κ2) is 11.1. The van der Waals surface area contributed by atoms with Crippen molar-refractivity contribution in [2.45, 2.75) is 31.6 Å². The molecule has 0 fully saturated rings. The SMILES string of the molecule is Cc1ccc(S(=O)(=O)N2C[C@H](c3ccccc3)C=C(c3ccc(C)c(Cl)c3)C=C2c2ccc(C)c(Cl)c2)cc1. The van der Waals surface area contributed by atoms with Gasteiger partial charge in [-0.1, -0.05) is 102 Å². The molecule has 6 heteroatoms. The molecule has 0 spiro atoms. The highest BCUT2D eigenvalue weighted by Gasteiger charge is 2.32. The van der Waals surface area contributed by atoms with E-state index < -0.39 is 10.0 Å². The molecule has 3 nitrogen and oxygen atoms in total. The first-order valence-electron chi connectivity index (χ1n) is 12.7. The fourth-order valence-corrected chi connectivity index (χ4v) is 6.58. The summed E-state index contributed by atoms with van der Waals surface area (Å²) in [5, 5.41) is 1.24.